The molecule has 128 valence electrons. The third-order valence-electron chi connectivity index (χ3n) is 5.01. The Morgan fingerprint density at radius 2 is 2.04 bits per heavy atom. The molecule has 0 N–H and O–H groups in total. The van der Waals surface area contributed by atoms with E-state index in [2.05, 4.69) is 36.9 Å². The van der Waals surface area contributed by atoms with Gasteiger partial charge in [0.05, 0.1) is 13.7 Å². The number of hydrogen-bond acceptors (Lipinski definition) is 4. The van der Waals surface area contributed by atoms with Crippen LogP contribution in [-0.2, 0) is 11.3 Å². The number of carbonyl (C=O) groups excluding carboxylic acids is 1. The van der Waals surface area contributed by atoms with Gasteiger partial charge in [0.1, 0.15) is 17.1 Å². The maximum Gasteiger partial charge on any atom is 0.341 e. The molecule has 24 heavy (non-hydrogen) atoms. The Labute approximate surface area is 143 Å². The van der Waals surface area contributed by atoms with Crippen LogP contribution in [0, 0.1) is 20.8 Å². The van der Waals surface area contributed by atoms with Gasteiger partial charge in [-0.05, 0) is 62.9 Å². The predicted molar refractivity (Wildman–Crippen MR) is 93.1 cm³/mol. The molecule has 4 nitrogen and oxygen atoms in total. The number of esters is 1. The molecule has 0 aliphatic carbocycles. The largest absolute Gasteiger partial charge is 0.465 e. The second-order valence-electron chi connectivity index (χ2n) is 6.65. The number of aryl methyl sites for hydroxylation is 3. The minimum absolute atomic E-state index is 0.338. The zero-order valence-corrected chi connectivity index (χ0v) is 14.9. The molecule has 2 heterocycles. The lowest BCUT2D eigenvalue weighted by Gasteiger charge is -2.24. The van der Waals surface area contributed by atoms with Crippen molar-refractivity contribution < 1.29 is 13.9 Å². The van der Waals surface area contributed by atoms with E-state index in [1.165, 1.54) is 30.2 Å². The summed E-state index contributed by atoms with van der Waals surface area (Å²) in [4.78, 5) is 14.2. The summed E-state index contributed by atoms with van der Waals surface area (Å²) in [7, 11) is 1.39. The Morgan fingerprint density at radius 1 is 1.25 bits per heavy atom. The van der Waals surface area contributed by atoms with Crippen LogP contribution in [-0.4, -0.2) is 24.5 Å². The number of benzene rings is 1. The fourth-order valence-electron chi connectivity index (χ4n) is 3.50. The van der Waals surface area contributed by atoms with Crippen molar-refractivity contribution in [1.82, 2.24) is 4.90 Å². The predicted octanol–water partition coefficient (Wildman–Crippen LogP) is 4.33. The first-order chi connectivity index (χ1) is 11.5. The zero-order chi connectivity index (χ0) is 17.3. The van der Waals surface area contributed by atoms with E-state index in [9.17, 15) is 4.79 Å². The molecule has 0 amide bonds. The lowest BCUT2D eigenvalue weighted by atomic mass is 9.99. The van der Waals surface area contributed by atoms with Crippen molar-refractivity contribution in [2.24, 2.45) is 0 Å². The average molecular weight is 327 g/mol. The minimum Gasteiger partial charge on any atom is -0.465 e. The highest BCUT2D eigenvalue weighted by molar-refractivity contribution is 5.90. The van der Waals surface area contributed by atoms with Crippen molar-refractivity contribution in [3.8, 4) is 0 Å². The summed E-state index contributed by atoms with van der Waals surface area (Å²) < 4.78 is 10.6. The molecule has 4 heteroatoms. The van der Waals surface area contributed by atoms with Crippen LogP contribution in [0.3, 0.4) is 0 Å². The highest BCUT2D eigenvalue weighted by Gasteiger charge is 2.27. The Balaban J connectivity index is 1.79. The number of likely N-dealkylation sites (tertiary alicyclic amines) is 1. The number of nitrogens with zero attached hydrogens (tertiary/aromatic N) is 1. The Hall–Kier alpha value is -2.07. The lowest BCUT2D eigenvalue weighted by Crippen LogP contribution is -2.22. The molecule has 1 aliphatic rings. The van der Waals surface area contributed by atoms with Gasteiger partial charge in [0.25, 0.3) is 0 Å². The maximum atomic E-state index is 11.7. The van der Waals surface area contributed by atoms with Crippen molar-refractivity contribution in [1.29, 1.82) is 0 Å². The molecule has 2 aromatic rings. The molecule has 1 aromatic carbocycles. The number of hydrogen-bond donors (Lipinski definition) is 0. The number of rotatable bonds is 4. The van der Waals surface area contributed by atoms with E-state index < -0.39 is 0 Å². The van der Waals surface area contributed by atoms with Gasteiger partial charge in [0.15, 0.2) is 0 Å². The second-order valence-corrected chi connectivity index (χ2v) is 6.65. The Bertz CT molecular complexity index is 747. The number of furan rings is 1. The third-order valence-corrected chi connectivity index (χ3v) is 5.01. The van der Waals surface area contributed by atoms with Gasteiger partial charge in [-0.25, -0.2) is 4.79 Å². The Morgan fingerprint density at radius 3 is 2.75 bits per heavy atom. The quantitative estimate of drug-likeness (QED) is 0.784. The maximum absolute atomic E-state index is 11.7. The van der Waals surface area contributed by atoms with Crippen LogP contribution in [0.5, 0.6) is 0 Å². The topological polar surface area (TPSA) is 42.7 Å². The molecular weight excluding hydrogens is 302 g/mol. The van der Waals surface area contributed by atoms with Gasteiger partial charge in [-0.1, -0.05) is 18.2 Å². The summed E-state index contributed by atoms with van der Waals surface area (Å²) in [5, 5.41) is 0. The molecule has 0 unspecified atom stereocenters. The normalized spacial score (nSPS) is 18.1. The molecule has 1 atom stereocenters. The number of methoxy groups -OCH3 is 1. The van der Waals surface area contributed by atoms with Crippen molar-refractivity contribution >= 4 is 5.97 Å². The molecule has 3 rings (SSSR count). The number of carbonyl (C=O) groups is 1. The van der Waals surface area contributed by atoms with Gasteiger partial charge in [-0.15, -0.1) is 0 Å². The van der Waals surface area contributed by atoms with Gasteiger partial charge in [0.2, 0.25) is 0 Å². The van der Waals surface area contributed by atoms with Gasteiger partial charge in [0, 0.05) is 6.04 Å². The van der Waals surface area contributed by atoms with E-state index >= 15 is 0 Å². The van der Waals surface area contributed by atoms with E-state index in [-0.39, 0.29) is 5.97 Å². The fourth-order valence-corrected chi connectivity index (χ4v) is 3.50. The highest BCUT2D eigenvalue weighted by Crippen LogP contribution is 2.34. The minimum atomic E-state index is -0.338. The van der Waals surface area contributed by atoms with Crippen LogP contribution in [0.2, 0.25) is 0 Å². The summed E-state index contributed by atoms with van der Waals surface area (Å²) in [5.41, 5.74) is 4.55. The van der Waals surface area contributed by atoms with E-state index in [1.54, 1.807) is 6.92 Å². The van der Waals surface area contributed by atoms with Crippen LogP contribution in [0.25, 0.3) is 0 Å². The molecule has 0 saturated carbocycles. The van der Waals surface area contributed by atoms with Crippen LogP contribution < -0.4 is 0 Å². The molecule has 1 fully saturated rings. The monoisotopic (exact) mass is 327 g/mol. The van der Waals surface area contributed by atoms with E-state index in [4.69, 9.17) is 9.15 Å². The molecule has 1 aliphatic heterocycles. The first-order valence-corrected chi connectivity index (χ1v) is 8.48. The molecule has 0 spiro atoms. The van der Waals surface area contributed by atoms with Crippen molar-refractivity contribution in [2.45, 2.75) is 46.2 Å². The molecule has 1 aromatic heterocycles. The van der Waals surface area contributed by atoms with E-state index in [0.29, 0.717) is 17.4 Å². The highest BCUT2D eigenvalue weighted by atomic mass is 16.5. The van der Waals surface area contributed by atoms with Crippen LogP contribution >= 0.6 is 0 Å². The van der Waals surface area contributed by atoms with Gasteiger partial charge in [-0.2, -0.15) is 0 Å². The zero-order valence-electron chi connectivity index (χ0n) is 14.9. The summed E-state index contributed by atoms with van der Waals surface area (Å²) in [5.74, 6) is 1.11. The van der Waals surface area contributed by atoms with Crippen LogP contribution in [0.15, 0.2) is 28.7 Å². The SMILES string of the molecule is COC(=O)c1cc(CN2CCC[C@@H]2c2ccc(C)c(C)c2)oc1C. The summed E-state index contributed by atoms with van der Waals surface area (Å²) in [6.45, 7) is 7.88. The third kappa shape index (κ3) is 3.24. The number of ether oxygens (including phenoxy) is 1. The average Bonchev–Trinajstić information content (AvgIpc) is 3.16. The van der Waals surface area contributed by atoms with E-state index in [1.807, 2.05) is 6.07 Å². The van der Waals surface area contributed by atoms with E-state index in [0.717, 1.165) is 25.3 Å². The van der Waals surface area contributed by atoms with Gasteiger partial charge in [-0.3, -0.25) is 4.90 Å². The van der Waals surface area contributed by atoms with Crippen molar-refractivity contribution in [2.75, 3.05) is 13.7 Å². The lowest BCUT2D eigenvalue weighted by molar-refractivity contribution is 0.0599. The second kappa shape index (κ2) is 6.81. The summed E-state index contributed by atoms with van der Waals surface area (Å²) in [6.07, 6.45) is 2.34. The van der Waals surface area contributed by atoms with Gasteiger partial charge >= 0.3 is 5.97 Å². The van der Waals surface area contributed by atoms with Crippen molar-refractivity contribution in [3.05, 3.63) is 58.0 Å². The summed E-state index contributed by atoms with van der Waals surface area (Å²) in [6, 6.07) is 8.96. The molecular formula is C20H25NO3. The molecule has 1 saturated heterocycles. The summed E-state index contributed by atoms with van der Waals surface area (Å²) >= 11 is 0. The first-order valence-electron chi connectivity index (χ1n) is 8.48. The van der Waals surface area contributed by atoms with Crippen LogP contribution in [0.4, 0.5) is 0 Å². The van der Waals surface area contributed by atoms with Crippen LogP contribution in [0.1, 0.15) is 57.5 Å². The first kappa shape index (κ1) is 16.8. The van der Waals surface area contributed by atoms with Gasteiger partial charge < -0.3 is 9.15 Å². The Kier molecular flexibility index (Phi) is 4.76. The van der Waals surface area contributed by atoms with Crippen molar-refractivity contribution in [3.63, 3.8) is 0 Å². The standard InChI is InChI=1S/C20H25NO3/c1-13-7-8-16(10-14(13)2)19-6-5-9-21(19)12-17-11-18(15(3)24-17)20(22)23-4/h7-8,10-11,19H,5-6,9,12H2,1-4H3/t19-/m1/s1. The molecule has 0 bridgehead atoms. The molecule has 0 radical (unpaired) electrons. The fraction of sp³-hybridized carbons (Fsp3) is 0.450. The smallest absolute Gasteiger partial charge is 0.341 e.